The van der Waals surface area contributed by atoms with Gasteiger partial charge in [-0.05, 0) is 30.3 Å². The number of halogens is 3. The summed E-state index contributed by atoms with van der Waals surface area (Å²) in [5.74, 6) is -1.32. The van der Waals surface area contributed by atoms with E-state index < -0.39 is 23.5 Å². The predicted octanol–water partition coefficient (Wildman–Crippen LogP) is 3.72. The predicted molar refractivity (Wildman–Crippen MR) is 116 cm³/mol. The highest BCUT2D eigenvalue weighted by Gasteiger charge is 2.34. The van der Waals surface area contributed by atoms with Gasteiger partial charge in [-0.25, -0.2) is 9.97 Å². The molecule has 0 saturated carbocycles. The Morgan fingerprint density at radius 2 is 1.70 bits per heavy atom. The number of fused-ring (bicyclic) bond motifs is 1. The third-order valence-electron chi connectivity index (χ3n) is 4.91. The van der Waals surface area contributed by atoms with Gasteiger partial charge in [0.25, 0.3) is 0 Å². The highest BCUT2D eigenvalue weighted by Crippen LogP contribution is 2.36. The Labute approximate surface area is 185 Å². The average molecular weight is 454 g/mol. The first-order valence-electron chi connectivity index (χ1n) is 9.57. The number of hydrogen-bond donors (Lipinski definition) is 3. The molecule has 168 valence electrons. The van der Waals surface area contributed by atoms with E-state index in [4.69, 9.17) is 11.5 Å². The summed E-state index contributed by atoms with van der Waals surface area (Å²) in [7, 11) is 0. The van der Waals surface area contributed by atoms with Gasteiger partial charge in [0, 0.05) is 41.6 Å². The number of nitrogens with two attached hydrogens (primary N) is 2. The van der Waals surface area contributed by atoms with Crippen molar-refractivity contribution in [3.63, 3.8) is 0 Å². The number of alkyl halides is 3. The van der Waals surface area contributed by atoms with E-state index in [1.54, 1.807) is 34.9 Å². The van der Waals surface area contributed by atoms with Crippen molar-refractivity contribution in [2.45, 2.75) is 13.1 Å². The van der Waals surface area contributed by atoms with Crippen molar-refractivity contribution in [3.8, 4) is 22.4 Å². The summed E-state index contributed by atoms with van der Waals surface area (Å²) in [5.41, 5.74) is 12.1. The molecule has 0 atom stereocenters. The standard InChI is InChI=1S/C22H17F3N6O2/c1-11(32)29-21-18(12-2-4-13(5-3-12)20(27)33)31-10-14(6-7-17(31)30-21)15-8-16(22(23,24)25)19(26)28-9-15/h2-10H,1H3,(H2,26,28)(H2,27,33)(H,29,32). The molecule has 3 aromatic heterocycles. The van der Waals surface area contributed by atoms with Gasteiger partial charge in [0.2, 0.25) is 11.8 Å². The van der Waals surface area contributed by atoms with Crippen molar-refractivity contribution < 1.29 is 22.8 Å². The molecule has 0 saturated heterocycles. The van der Waals surface area contributed by atoms with Crippen molar-refractivity contribution >= 4 is 29.1 Å². The van der Waals surface area contributed by atoms with Crippen molar-refractivity contribution in [2.24, 2.45) is 5.73 Å². The molecular formula is C22H17F3N6O2. The van der Waals surface area contributed by atoms with Crippen molar-refractivity contribution in [1.82, 2.24) is 14.4 Å². The van der Waals surface area contributed by atoms with Crippen LogP contribution < -0.4 is 16.8 Å². The van der Waals surface area contributed by atoms with E-state index in [1.807, 2.05) is 0 Å². The molecule has 8 nitrogen and oxygen atoms in total. The second-order valence-electron chi connectivity index (χ2n) is 7.23. The van der Waals surface area contributed by atoms with Crippen LogP contribution in [0.4, 0.5) is 24.8 Å². The summed E-state index contributed by atoms with van der Waals surface area (Å²) in [6.45, 7) is 1.33. The lowest BCUT2D eigenvalue weighted by molar-refractivity contribution is -0.137. The third-order valence-corrected chi connectivity index (χ3v) is 4.91. The molecule has 2 amide bonds. The van der Waals surface area contributed by atoms with Crippen LogP contribution in [0.25, 0.3) is 28.0 Å². The Morgan fingerprint density at radius 3 is 2.30 bits per heavy atom. The number of nitrogens with one attached hydrogen (secondary N) is 1. The molecule has 0 spiro atoms. The summed E-state index contributed by atoms with van der Waals surface area (Å²) in [6, 6.07) is 10.4. The Bertz CT molecular complexity index is 1390. The van der Waals surface area contributed by atoms with Crippen LogP contribution in [0.2, 0.25) is 0 Å². The largest absolute Gasteiger partial charge is 0.419 e. The maximum absolute atomic E-state index is 13.3. The lowest BCUT2D eigenvalue weighted by atomic mass is 10.1. The fraction of sp³-hybridized carbons (Fsp3) is 0.0909. The molecular weight excluding hydrogens is 437 g/mol. The number of carbonyl (C=O) groups is 2. The van der Waals surface area contributed by atoms with E-state index in [2.05, 4.69) is 15.3 Å². The number of imidazole rings is 1. The second kappa shape index (κ2) is 7.93. The van der Waals surface area contributed by atoms with Crippen LogP contribution in [0.5, 0.6) is 0 Å². The summed E-state index contributed by atoms with van der Waals surface area (Å²) >= 11 is 0. The molecule has 0 unspecified atom stereocenters. The number of nitrogen functional groups attached to an aromatic ring is 1. The van der Waals surface area contributed by atoms with Gasteiger partial charge in [0.15, 0.2) is 5.82 Å². The van der Waals surface area contributed by atoms with E-state index in [1.165, 1.54) is 25.3 Å². The lowest BCUT2D eigenvalue weighted by Gasteiger charge is -2.12. The van der Waals surface area contributed by atoms with Gasteiger partial charge in [-0.1, -0.05) is 12.1 Å². The van der Waals surface area contributed by atoms with Crippen LogP contribution in [-0.4, -0.2) is 26.2 Å². The van der Waals surface area contributed by atoms with Crippen molar-refractivity contribution in [3.05, 3.63) is 66.0 Å². The monoisotopic (exact) mass is 454 g/mol. The molecule has 0 fully saturated rings. The number of benzene rings is 1. The van der Waals surface area contributed by atoms with E-state index in [-0.39, 0.29) is 17.3 Å². The molecule has 0 radical (unpaired) electrons. The van der Waals surface area contributed by atoms with Crippen LogP contribution in [0.1, 0.15) is 22.8 Å². The Morgan fingerprint density at radius 1 is 1.03 bits per heavy atom. The molecule has 0 aliphatic heterocycles. The zero-order valence-electron chi connectivity index (χ0n) is 17.1. The molecule has 1 aromatic carbocycles. The topological polar surface area (TPSA) is 128 Å². The van der Waals surface area contributed by atoms with E-state index >= 15 is 0 Å². The Balaban J connectivity index is 1.91. The minimum absolute atomic E-state index is 0.197. The fourth-order valence-electron chi connectivity index (χ4n) is 3.40. The van der Waals surface area contributed by atoms with Crippen LogP contribution >= 0.6 is 0 Å². The van der Waals surface area contributed by atoms with E-state index in [9.17, 15) is 22.8 Å². The molecule has 4 aromatic rings. The van der Waals surface area contributed by atoms with Crippen LogP contribution in [-0.2, 0) is 11.0 Å². The minimum Gasteiger partial charge on any atom is -0.383 e. The molecule has 5 N–H and O–H groups in total. The number of primary amides is 1. The second-order valence-corrected chi connectivity index (χ2v) is 7.23. The van der Waals surface area contributed by atoms with Gasteiger partial charge in [-0.15, -0.1) is 0 Å². The van der Waals surface area contributed by atoms with Gasteiger partial charge in [0.1, 0.15) is 11.5 Å². The number of carbonyl (C=O) groups excluding carboxylic acids is 2. The van der Waals surface area contributed by atoms with Gasteiger partial charge in [-0.2, -0.15) is 13.2 Å². The van der Waals surface area contributed by atoms with E-state index in [0.717, 1.165) is 6.07 Å². The van der Waals surface area contributed by atoms with Gasteiger partial charge < -0.3 is 16.8 Å². The van der Waals surface area contributed by atoms with Gasteiger partial charge >= 0.3 is 6.18 Å². The third kappa shape index (κ3) is 4.20. The van der Waals surface area contributed by atoms with E-state index in [0.29, 0.717) is 28.0 Å². The molecule has 0 aliphatic rings. The maximum Gasteiger partial charge on any atom is 0.419 e. The Kier molecular flexibility index (Phi) is 5.24. The van der Waals surface area contributed by atoms with Crippen molar-refractivity contribution in [2.75, 3.05) is 11.1 Å². The summed E-state index contributed by atoms with van der Waals surface area (Å²) in [5, 5.41) is 2.65. The van der Waals surface area contributed by atoms with Crippen LogP contribution in [0.15, 0.2) is 54.9 Å². The maximum atomic E-state index is 13.3. The number of anilines is 2. The molecule has 4 rings (SSSR count). The normalized spacial score (nSPS) is 11.5. The van der Waals surface area contributed by atoms with Crippen molar-refractivity contribution in [1.29, 1.82) is 0 Å². The van der Waals surface area contributed by atoms with Gasteiger partial charge in [-0.3, -0.25) is 14.0 Å². The molecule has 11 heteroatoms. The summed E-state index contributed by atoms with van der Waals surface area (Å²) < 4.78 is 41.5. The number of rotatable bonds is 4. The Hall–Kier alpha value is -4.41. The molecule has 33 heavy (non-hydrogen) atoms. The minimum atomic E-state index is -4.65. The average Bonchev–Trinajstić information content (AvgIpc) is 3.09. The highest BCUT2D eigenvalue weighted by atomic mass is 19.4. The van der Waals surface area contributed by atoms with Crippen LogP contribution in [0, 0.1) is 0 Å². The summed E-state index contributed by atoms with van der Waals surface area (Å²) in [4.78, 5) is 31.2. The van der Waals surface area contributed by atoms with Crippen LogP contribution in [0.3, 0.4) is 0 Å². The number of aromatic nitrogens is 3. The number of hydrogen-bond acceptors (Lipinski definition) is 5. The smallest absolute Gasteiger partial charge is 0.383 e. The quantitative estimate of drug-likeness (QED) is 0.433. The lowest BCUT2D eigenvalue weighted by Crippen LogP contribution is -2.10. The SMILES string of the molecule is CC(=O)Nc1nc2ccc(-c3cnc(N)c(C(F)(F)F)c3)cn2c1-c1ccc(C(N)=O)cc1. The number of nitrogens with zero attached hydrogens (tertiary/aromatic N) is 3. The first kappa shape index (κ1) is 21.8. The zero-order chi connectivity index (χ0) is 23.9. The number of pyridine rings is 2. The molecule has 0 bridgehead atoms. The first-order valence-corrected chi connectivity index (χ1v) is 9.57. The summed E-state index contributed by atoms with van der Waals surface area (Å²) in [6.07, 6.45) is -1.82. The zero-order valence-corrected chi connectivity index (χ0v) is 17.1. The molecule has 0 aliphatic carbocycles. The number of amides is 2. The first-order chi connectivity index (χ1) is 15.5. The molecule has 3 heterocycles. The fourth-order valence-corrected chi connectivity index (χ4v) is 3.40. The highest BCUT2D eigenvalue weighted by molar-refractivity contribution is 5.95. The van der Waals surface area contributed by atoms with Gasteiger partial charge in [0.05, 0.1) is 11.3 Å².